The predicted molar refractivity (Wildman–Crippen MR) is 76.0 cm³/mol. The number of esters is 2. The number of halogens is 4. The van der Waals surface area contributed by atoms with Gasteiger partial charge in [-0.25, -0.2) is 0 Å². The van der Waals surface area contributed by atoms with E-state index in [2.05, 4.69) is 0 Å². The van der Waals surface area contributed by atoms with E-state index in [4.69, 9.17) is 9.47 Å². The summed E-state index contributed by atoms with van der Waals surface area (Å²) in [6.07, 6.45) is 5.29. The molecule has 0 radical (unpaired) electrons. The smallest absolute Gasteiger partial charge is 0.418 e. The standard InChI is InChI=1S/C12H17O4Se.BF4/c1-4-15-11(13)9-7-6-8-10(17(9)3)12(14)16-5-2;2-1(3,4)5/h6-9H,4-5H2,1-3H3;/q+1;-1. The minimum absolute atomic E-state index is 0.244. The van der Waals surface area contributed by atoms with Gasteiger partial charge in [-0.2, -0.15) is 0 Å². The van der Waals surface area contributed by atoms with Crippen LogP contribution in [0.2, 0.25) is 10.6 Å². The summed E-state index contributed by atoms with van der Waals surface area (Å²) in [6.45, 7) is 4.26. The van der Waals surface area contributed by atoms with Crippen molar-refractivity contribution in [1.82, 2.24) is 0 Å². The number of carbonyl (C=O) groups excluding carboxylic acids is 2. The minimum Gasteiger partial charge on any atom is -0.418 e. The molecule has 0 bridgehead atoms. The van der Waals surface area contributed by atoms with E-state index in [-0.39, 0.29) is 16.8 Å². The number of hydrogen-bond acceptors (Lipinski definition) is 4. The third-order valence-electron chi connectivity index (χ3n) is 2.26. The molecule has 126 valence electrons. The second-order valence-corrected chi connectivity index (χ2v) is 8.19. The molecule has 0 aliphatic carbocycles. The Bertz CT molecular complexity index is 445. The van der Waals surface area contributed by atoms with Gasteiger partial charge in [0.25, 0.3) is 0 Å². The largest absolute Gasteiger partial charge is 0.673 e. The zero-order chi connectivity index (χ0) is 17.3. The van der Waals surface area contributed by atoms with Gasteiger partial charge in [-0.1, -0.05) is 0 Å². The first-order valence-electron chi connectivity index (χ1n) is 6.36. The number of allylic oxidation sites excluding steroid dienone is 2. The Morgan fingerprint density at radius 3 is 2.14 bits per heavy atom. The van der Waals surface area contributed by atoms with Gasteiger partial charge in [0.2, 0.25) is 0 Å². The molecule has 2 atom stereocenters. The van der Waals surface area contributed by atoms with Crippen LogP contribution in [0.3, 0.4) is 0 Å². The molecule has 1 aliphatic rings. The van der Waals surface area contributed by atoms with Crippen LogP contribution < -0.4 is 0 Å². The topological polar surface area (TPSA) is 52.6 Å². The Morgan fingerprint density at radius 1 is 1.18 bits per heavy atom. The first kappa shape index (κ1) is 20.7. The molecular weight excluding hydrogens is 374 g/mol. The molecule has 0 aromatic heterocycles. The van der Waals surface area contributed by atoms with E-state index in [1.807, 2.05) is 11.9 Å². The maximum atomic E-state index is 11.7. The van der Waals surface area contributed by atoms with Crippen LogP contribution >= 0.6 is 0 Å². The van der Waals surface area contributed by atoms with Crippen LogP contribution in [0, 0.1) is 0 Å². The molecule has 22 heavy (non-hydrogen) atoms. The zero-order valence-electron chi connectivity index (χ0n) is 12.4. The summed E-state index contributed by atoms with van der Waals surface area (Å²) < 4.78 is 49.6. The molecule has 0 spiro atoms. The van der Waals surface area contributed by atoms with Crippen LogP contribution in [0.1, 0.15) is 13.8 Å². The summed E-state index contributed by atoms with van der Waals surface area (Å²) in [5.41, 5.74) is 0. The van der Waals surface area contributed by atoms with Crippen LogP contribution in [0.4, 0.5) is 17.3 Å². The van der Waals surface area contributed by atoms with Crippen LogP contribution in [0.15, 0.2) is 22.7 Å². The molecule has 2 unspecified atom stereocenters. The maximum Gasteiger partial charge on any atom is 0.673 e. The second-order valence-electron chi connectivity index (χ2n) is 3.86. The molecule has 0 saturated carbocycles. The van der Waals surface area contributed by atoms with Crippen LogP contribution in [-0.4, -0.2) is 46.3 Å². The van der Waals surface area contributed by atoms with Gasteiger partial charge in [0.15, 0.2) is 0 Å². The zero-order valence-corrected chi connectivity index (χ0v) is 14.1. The number of carbonyl (C=O) groups is 2. The Labute approximate surface area is 130 Å². The van der Waals surface area contributed by atoms with Crippen molar-refractivity contribution >= 4 is 33.1 Å². The van der Waals surface area contributed by atoms with Crippen LogP contribution in [-0.2, 0) is 19.1 Å². The molecule has 0 amide bonds. The molecule has 4 nitrogen and oxygen atoms in total. The Kier molecular flexibility index (Phi) is 9.12. The Morgan fingerprint density at radius 2 is 1.68 bits per heavy atom. The fraction of sp³-hybridized carbons (Fsp3) is 0.500. The third-order valence-corrected chi connectivity index (χ3v) is 6.68. The van der Waals surface area contributed by atoms with E-state index in [1.54, 1.807) is 26.0 Å². The monoisotopic (exact) mass is 392 g/mol. The first-order chi connectivity index (χ1) is 10.1. The number of ether oxygens (including phenoxy) is 2. The van der Waals surface area contributed by atoms with Gasteiger partial charge in [0.05, 0.1) is 0 Å². The summed E-state index contributed by atoms with van der Waals surface area (Å²) in [7, 11) is -6.00. The van der Waals surface area contributed by atoms with Gasteiger partial charge >= 0.3 is 113 Å². The summed E-state index contributed by atoms with van der Waals surface area (Å²) in [4.78, 5) is 23.1. The van der Waals surface area contributed by atoms with E-state index in [0.717, 1.165) is 0 Å². The van der Waals surface area contributed by atoms with Crippen molar-refractivity contribution in [3.05, 3.63) is 22.7 Å². The molecule has 0 saturated heterocycles. The number of hydrogen-bond donors (Lipinski definition) is 0. The average Bonchev–Trinajstić information content (AvgIpc) is 2.37. The SMILES string of the molecule is CCOC(=O)C1=CC=CC(C(=O)OCC)[Se+]1C.F[B-](F)(F)F. The van der Waals surface area contributed by atoms with Crippen LogP contribution in [0.5, 0.6) is 0 Å². The van der Waals surface area contributed by atoms with E-state index in [1.165, 1.54) is 0 Å². The average molecular weight is 391 g/mol. The molecule has 1 aliphatic heterocycles. The van der Waals surface area contributed by atoms with Crippen molar-refractivity contribution in [2.24, 2.45) is 0 Å². The van der Waals surface area contributed by atoms with Crippen molar-refractivity contribution in [3.63, 3.8) is 0 Å². The minimum atomic E-state index is -6.00. The molecular formula is C12H17BF4O4Se. The summed E-state index contributed by atoms with van der Waals surface area (Å²) >= 11 is -1.53. The van der Waals surface area contributed by atoms with E-state index in [9.17, 15) is 26.9 Å². The van der Waals surface area contributed by atoms with E-state index >= 15 is 0 Å². The molecule has 0 aromatic rings. The van der Waals surface area contributed by atoms with Crippen molar-refractivity contribution in [2.45, 2.75) is 24.5 Å². The fourth-order valence-electron chi connectivity index (χ4n) is 1.45. The number of rotatable bonds is 4. The normalized spacial score (nSPS) is 20.4. The van der Waals surface area contributed by atoms with E-state index < -0.39 is 21.2 Å². The van der Waals surface area contributed by atoms with Gasteiger partial charge < -0.3 is 17.3 Å². The van der Waals surface area contributed by atoms with E-state index in [0.29, 0.717) is 17.7 Å². The summed E-state index contributed by atoms with van der Waals surface area (Å²) in [5.74, 6) is 1.40. The van der Waals surface area contributed by atoms with Crippen molar-refractivity contribution in [1.29, 1.82) is 0 Å². The molecule has 10 heteroatoms. The van der Waals surface area contributed by atoms with Gasteiger partial charge in [0, 0.05) is 0 Å². The quantitative estimate of drug-likeness (QED) is 0.420. The summed E-state index contributed by atoms with van der Waals surface area (Å²) in [6, 6.07) is 0. The molecule has 1 heterocycles. The van der Waals surface area contributed by atoms with Gasteiger partial charge in [-0.05, 0) is 0 Å². The summed E-state index contributed by atoms with van der Waals surface area (Å²) in [5, 5.41) is 0. The Hall–Kier alpha value is -1.28. The third kappa shape index (κ3) is 8.24. The first-order valence-corrected chi connectivity index (χ1v) is 9.92. The molecule has 0 aromatic carbocycles. The van der Waals surface area contributed by atoms with Gasteiger partial charge in [0.1, 0.15) is 0 Å². The van der Waals surface area contributed by atoms with Crippen LogP contribution in [0.25, 0.3) is 0 Å². The van der Waals surface area contributed by atoms with Crippen molar-refractivity contribution < 1.29 is 36.3 Å². The molecule has 0 fully saturated rings. The molecule has 1 rings (SSSR count). The van der Waals surface area contributed by atoms with Gasteiger partial charge in [-0.3, -0.25) is 0 Å². The second kappa shape index (κ2) is 9.68. The van der Waals surface area contributed by atoms with Gasteiger partial charge in [-0.15, -0.1) is 0 Å². The Balaban J connectivity index is 0.000000763. The molecule has 0 N–H and O–H groups in total. The maximum absolute atomic E-state index is 11.7. The van der Waals surface area contributed by atoms with Crippen molar-refractivity contribution in [2.75, 3.05) is 13.2 Å². The van der Waals surface area contributed by atoms with Crippen molar-refractivity contribution in [3.8, 4) is 0 Å². The fourth-order valence-corrected chi connectivity index (χ4v) is 4.75. The predicted octanol–water partition coefficient (Wildman–Crippen LogP) is 2.94.